The molecule has 4 rings (SSSR count). The van der Waals surface area contributed by atoms with Gasteiger partial charge in [0, 0.05) is 23.1 Å². The summed E-state index contributed by atoms with van der Waals surface area (Å²) in [5, 5.41) is 0. The van der Waals surface area contributed by atoms with E-state index in [1.807, 2.05) is 0 Å². The second kappa shape index (κ2) is 5.65. The Bertz CT molecular complexity index is 654. The molecule has 0 N–H and O–H groups in total. The highest BCUT2D eigenvalue weighted by Crippen LogP contribution is 2.45. The number of aliphatic imine (C=N–C) groups is 1. The highest BCUT2D eigenvalue weighted by molar-refractivity contribution is 6.14. The Balaban J connectivity index is 0.00000132. The van der Waals surface area contributed by atoms with Crippen LogP contribution in [0.4, 0.5) is 0 Å². The summed E-state index contributed by atoms with van der Waals surface area (Å²) in [7, 11) is 0. The van der Waals surface area contributed by atoms with Crippen LogP contribution in [0.5, 0.6) is 0 Å². The van der Waals surface area contributed by atoms with E-state index < -0.39 is 0 Å². The third kappa shape index (κ3) is 2.30. The average molecular weight is 298 g/mol. The molecule has 0 amide bonds. The third-order valence-corrected chi connectivity index (χ3v) is 4.90. The van der Waals surface area contributed by atoms with Crippen LogP contribution in [0, 0.1) is 0 Å². The van der Waals surface area contributed by atoms with Gasteiger partial charge < -0.3 is 0 Å². The molecule has 0 radical (unpaired) electrons. The predicted octanol–water partition coefficient (Wildman–Crippen LogP) is 4.77. The summed E-state index contributed by atoms with van der Waals surface area (Å²) in [6.07, 6.45) is 5.31. The molecule has 1 aliphatic heterocycles. The van der Waals surface area contributed by atoms with Crippen molar-refractivity contribution in [2.75, 3.05) is 6.54 Å². The maximum absolute atomic E-state index is 4.99. The van der Waals surface area contributed by atoms with E-state index in [9.17, 15) is 0 Å². The fourth-order valence-corrected chi connectivity index (χ4v) is 3.87. The number of rotatable bonds is 1. The standard InChI is InChI=1S/C19H19N.ClH/c1-2-8-15(9-3-1)18-16-10-4-5-11-17(16)19(14-20-18)12-6-7-13-19;/h1-5,8-11H,6-7,12-14H2;1H. The van der Waals surface area contributed by atoms with Crippen molar-refractivity contribution in [3.05, 3.63) is 71.3 Å². The normalized spacial score (nSPS) is 18.8. The van der Waals surface area contributed by atoms with Gasteiger partial charge in [0.15, 0.2) is 0 Å². The maximum Gasteiger partial charge on any atom is 0.0722 e. The van der Waals surface area contributed by atoms with E-state index in [1.54, 1.807) is 0 Å². The van der Waals surface area contributed by atoms with E-state index in [4.69, 9.17) is 4.99 Å². The molecule has 0 unspecified atom stereocenters. The highest BCUT2D eigenvalue weighted by atomic mass is 35.5. The zero-order valence-corrected chi connectivity index (χ0v) is 12.9. The second-order valence-electron chi connectivity index (χ2n) is 6.06. The van der Waals surface area contributed by atoms with E-state index in [2.05, 4.69) is 54.6 Å². The van der Waals surface area contributed by atoms with Crippen molar-refractivity contribution in [2.24, 2.45) is 4.99 Å². The quantitative estimate of drug-likeness (QED) is 0.719. The monoisotopic (exact) mass is 297 g/mol. The summed E-state index contributed by atoms with van der Waals surface area (Å²) < 4.78 is 0. The number of hydrogen-bond donors (Lipinski definition) is 0. The fraction of sp³-hybridized carbons (Fsp3) is 0.316. The van der Waals surface area contributed by atoms with E-state index in [0.29, 0.717) is 5.41 Å². The van der Waals surface area contributed by atoms with Crippen molar-refractivity contribution < 1.29 is 0 Å². The van der Waals surface area contributed by atoms with Crippen LogP contribution >= 0.6 is 12.4 Å². The SMILES string of the molecule is Cl.c1ccc(C2=NCC3(CCCC3)c3ccccc32)cc1. The Morgan fingerprint density at radius 1 is 0.810 bits per heavy atom. The smallest absolute Gasteiger partial charge is 0.0722 e. The van der Waals surface area contributed by atoms with Gasteiger partial charge in [0.1, 0.15) is 0 Å². The number of hydrogen-bond acceptors (Lipinski definition) is 1. The zero-order valence-electron chi connectivity index (χ0n) is 12.1. The maximum atomic E-state index is 4.99. The molecule has 1 spiro atoms. The van der Waals surface area contributed by atoms with E-state index in [0.717, 1.165) is 6.54 Å². The Labute approximate surface area is 132 Å². The topological polar surface area (TPSA) is 12.4 Å². The van der Waals surface area contributed by atoms with Crippen molar-refractivity contribution in [1.29, 1.82) is 0 Å². The molecule has 2 aromatic carbocycles. The first-order valence-electron chi connectivity index (χ1n) is 7.59. The first-order valence-corrected chi connectivity index (χ1v) is 7.59. The number of nitrogens with zero attached hydrogens (tertiary/aromatic N) is 1. The fourth-order valence-electron chi connectivity index (χ4n) is 3.87. The minimum Gasteiger partial charge on any atom is -0.283 e. The van der Waals surface area contributed by atoms with E-state index in [1.165, 1.54) is 48.1 Å². The van der Waals surface area contributed by atoms with Gasteiger partial charge in [-0.1, -0.05) is 67.4 Å². The second-order valence-corrected chi connectivity index (χ2v) is 6.06. The van der Waals surface area contributed by atoms with Crippen LogP contribution in [0.25, 0.3) is 0 Å². The van der Waals surface area contributed by atoms with E-state index >= 15 is 0 Å². The van der Waals surface area contributed by atoms with Gasteiger partial charge in [-0.2, -0.15) is 0 Å². The van der Waals surface area contributed by atoms with Crippen molar-refractivity contribution >= 4 is 18.1 Å². The lowest BCUT2D eigenvalue weighted by atomic mass is 9.73. The molecule has 108 valence electrons. The Hall–Kier alpha value is -1.60. The summed E-state index contributed by atoms with van der Waals surface area (Å²) in [5.74, 6) is 0. The molecule has 21 heavy (non-hydrogen) atoms. The first kappa shape index (κ1) is 14.3. The molecule has 0 saturated heterocycles. The molecule has 1 aliphatic carbocycles. The molecule has 2 aliphatic rings. The molecule has 0 bridgehead atoms. The molecule has 0 aromatic heterocycles. The van der Waals surface area contributed by atoms with Crippen LogP contribution in [0.1, 0.15) is 42.4 Å². The minimum absolute atomic E-state index is 0. The molecule has 2 heteroatoms. The Kier molecular flexibility index (Phi) is 3.86. The Morgan fingerprint density at radius 2 is 1.48 bits per heavy atom. The van der Waals surface area contributed by atoms with Crippen LogP contribution in [0.3, 0.4) is 0 Å². The number of benzene rings is 2. The van der Waals surface area contributed by atoms with Gasteiger partial charge in [-0.15, -0.1) is 12.4 Å². The van der Waals surface area contributed by atoms with Crippen molar-refractivity contribution in [3.8, 4) is 0 Å². The molecule has 1 heterocycles. The molecule has 1 saturated carbocycles. The van der Waals surface area contributed by atoms with Gasteiger partial charge >= 0.3 is 0 Å². The minimum atomic E-state index is 0. The molecule has 0 atom stereocenters. The summed E-state index contributed by atoms with van der Waals surface area (Å²) in [4.78, 5) is 4.99. The predicted molar refractivity (Wildman–Crippen MR) is 90.8 cm³/mol. The van der Waals surface area contributed by atoms with Crippen molar-refractivity contribution in [1.82, 2.24) is 0 Å². The van der Waals surface area contributed by atoms with Gasteiger partial charge in [-0.3, -0.25) is 4.99 Å². The van der Waals surface area contributed by atoms with Gasteiger partial charge in [0.2, 0.25) is 0 Å². The third-order valence-electron chi connectivity index (χ3n) is 4.90. The molecule has 2 aromatic rings. The van der Waals surface area contributed by atoms with Crippen molar-refractivity contribution in [3.63, 3.8) is 0 Å². The summed E-state index contributed by atoms with van der Waals surface area (Å²) in [5.41, 5.74) is 5.64. The zero-order chi connectivity index (χ0) is 13.4. The molecule has 1 fully saturated rings. The lowest BCUT2D eigenvalue weighted by Gasteiger charge is -2.34. The lowest BCUT2D eigenvalue weighted by Crippen LogP contribution is -2.33. The van der Waals surface area contributed by atoms with Crippen LogP contribution in [0.2, 0.25) is 0 Å². The van der Waals surface area contributed by atoms with Gasteiger partial charge in [-0.25, -0.2) is 0 Å². The number of fused-ring (bicyclic) bond motifs is 2. The summed E-state index contributed by atoms with van der Waals surface area (Å²) >= 11 is 0. The van der Waals surface area contributed by atoms with Gasteiger partial charge in [0.25, 0.3) is 0 Å². The van der Waals surface area contributed by atoms with Crippen LogP contribution < -0.4 is 0 Å². The van der Waals surface area contributed by atoms with E-state index in [-0.39, 0.29) is 12.4 Å². The van der Waals surface area contributed by atoms with Crippen LogP contribution in [0.15, 0.2) is 59.6 Å². The Morgan fingerprint density at radius 3 is 2.24 bits per heavy atom. The van der Waals surface area contributed by atoms with Crippen molar-refractivity contribution in [2.45, 2.75) is 31.1 Å². The summed E-state index contributed by atoms with van der Waals surface area (Å²) in [6, 6.07) is 19.5. The average Bonchev–Trinajstić information content (AvgIpc) is 2.98. The van der Waals surface area contributed by atoms with Gasteiger partial charge in [-0.05, 0) is 18.4 Å². The largest absolute Gasteiger partial charge is 0.283 e. The molecule has 1 nitrogen and oxygen atoms in total. The highest BCUT2D eigenvalue weighted by Gasteiger charge is 2.39. The first-order chi connectivity index (χ1) is 9.89. The molecular weight excluding hydrogens is 278 g/mol. The lowest BCUT2D eigenvalue weighted by molar-refractivity contribution is 0.448. The van der Waals surface area contributed by atoms with Crippen LogP contribution in [-0.2, 0) is 5.41 Å². The number of halogens is 1. The van der Waals surface area contributed by atoms with Gasteiger partial charge in [0.05, 0.1) is 5.71 Å². The molecular formula is C19H20ClN. The van der Waals surface area contributed by atoms with Crippen LogP contribution in [-0.4, -0.2) is 12.3 Å². The summed E-state index contributed by atoms with van der Waals surface area (Å²) in [6.45, 7) is 0.967.